The van der Waals surface area contributed by atoms with Crippen molar-refractivity contribution in [2.75, 3.05) is 30.8 Å². The Morgan fingerprint density at radius 3 is 2.48 bits per heavy atom. The number of anilines is 2. The molecule has 1 unspecified atom stereocenters. The monoisotopic (exact) mass is 465 g/mol. The van der Waals surface area contributed by atoms with Crippen molar-refractivity contribution in [1.82, 2.24) is 4.31 Å². The van der Waals surface area contributed by atoms with Crippen LogP contribution in [0.15, 0.2) is 47.4 Å². The van der Waals surface area contributed by atoms with Crippen molar-refractivity contribution in [3.8, 4) is 5.75 Å². The average Bonchev–Trinajstić information content (AvgIpc) is 2.74. The Bertz CT molecular complexity index is 1070. The van der Waals surface area contributed by atoms with Gasteiger partial charge in [0.25, 0.3) is 0 Å². The van der Waals surface area contributed by atoms with Gasteiger partial charge in [-0.2, -0.15) is 4.31 Å². The van der Waals surface area contributed by atoms with Crippen LogP contribution in [0.25, 0.3) is 0 Å². The molecule has 1 fully saturated rings. The van der Waals surface area contributed by atoms with E-state index in [1.54, 1.807) is 18.2 Å². The van der Waals surface area contributed by atoms with Crippen LogP contribution in [-0.2, 0) is 19.6 Å². The van der Waals surface area contributed by atoms with Crippen LogP contribution in [0.1, 0.15) is 19.8 Å². The van der Waals surface area contributed by atoms with Crippen molar-refractivity contribution in [2.24, 2.45) is 5.92 Å². The van der Waals surface area contributed by atoms with E-state index in [2.05, 4.69) is 10.6 Å². The lowest BCUT2D eigenvalue weighted by atomic mass is 9.98. The molecule has 2 amide bonds. The Balaban J connectivity index is 1.75. The molecule has 2 N–H and O–H groups in total. The minimum atomic E-state index is -3.73. The topological polar surface area (TPSA) is 105 Å². The zero-order valence-corrected chi connectivity index (χ0v) is 18.8. The van der Waals surface area contributed by atoms with E-state index >= 15 is 0 Å². The van der Waals surface area contributed by atoms with Crippen LogP contribution in [0, 0.1) is 5.92 Å². The highest BCUT2D eigenvalue weighted by Crippen LogP contribution is 2.30. The highest BCUT2D eigenvalue weighted by Gasteiger charge is 2.33. The number of ether oxygens (including phenoxy) is 1. The molecule has 3 rings (SSSR count). The fourth-order valence-electron chi connectivity index (χ4n) is 3.45. The second-order valence-corrected chi connectivity index (χ2v) is 9.62. The number of carbonyl (C=O) groups excluding carboxylic acids is 2. The first kappa shape index (κ1) is 23.1. The van der Waals surface area contributed by atoms with Gasteiger partial charge < -0.3 is 15.4 Å². The van der Waals surface area contributed by atoms with E-state index in [1.165, 1.54) is 42.6 Å². The van der Waals surface area contributed by atoms with E-state index in [9.17, 15) is 18.0 Å². The Hall–Kier alpha value is -2.62. The molecule has 1 saturated heterocycles. The highest BCUT2D eigenvalue weighted by atomic mass is 35.5. The number of methoxy groups -OCH3 is 1. The van der Waals surface area contributed by atoms with Gasteiger partial charge in [0.2, 0.25) is 21.8 Å². The lowest BCUT2D eigenvalue weighted by Gasteiger charge is -2.31. The number of benzene rings is 2. The molecule has 8 nitrogen and oxygen atoms in total. The minimum Gasteiger partial charge on any atom is -0.495 e. The number of carbonyl (C=O) groups is 2. The fraction of sp³-hybridized carbons (Fsp3) is 0.333. The van der Waals surface area contributed by atoms with E-state index in [1.807, 2.05) is 0 Å². The summed E-state index contributed by atoms with van der Waals surface area (Å²) in [5, 5.41) is 5.91. The number of rotatable bonds is 6. The Labute approximate surface area is 186 Å². The summed E-state index contributed by atoms with van der Waals surface area (Å²) >= 11 is 5.86. The SMILES string of the molecule is COc1ccc(NC(C)=O)cc1NC(=O)C1CCCN(S(=O)(=O)c2ccc(Cl)cc2)C1. The van der Waals surface area contributed by atoms with Gasteiger partial charge in [0, 0.05) is 30.7 Å². The largest absolute Gasteiger partial charge is 0.495 e. The van der Waals surface area contributed by atoms with Crippen molar-refractivity contribution in [3.05, 3.63) is 47.5 Å². The predicted molar refractivity (Wildman–Crippen MR) is 119 cm³/mol. The van der Waals surface area contributed by atoms with Crippen molar-refractivity contribution >= 4 is 44.8 Å². The van der Waals surface area contributed by atoms with E-state index in [0.717, 1.165) is 0 Å². The van der Waals surface area contributed by atoms with Crippen molar-refractivity contribution in [3.63, 3.8) is 0 Å². The summed E-state index contributed by atoms with van der Waals surface area (Å²) in [6.45, 7) is 1.81. The van der Waals surface area contributed by atoms with Gasteiger partial charge in [0.05, 0.1) is 23.6 Å². The summed E-state index contributed by atoms with van der Waals surface area (Å²) in [4.78, 5) is 24.4. The number of halogens is 1. The second kappa shape index (κ2) is 9.67. The summed E-state index contributed by atoms with van der Waals surface area (Å²) < 4.78 is 32.5. The number of amides is 2. The average molecular weight is 466 g/mol. The normalized spacial score (nSPS) is 17.1. The molecule has 0 spiro atoms. The Morgan fingerprint density at radius 1 is 1.13 bits per heavy atom. The van der Waals surface area contributed by atoms with Gasteiger partial charge >= 0.3 is 0 Å². The van der Waals surface area contributed by atoms with Crippen LogP contribution >= 0.6 is 11.6 Å². The molecule has 0 radical (unpaired) electrons. The van der Waals surface area contributed by atoms with Gasteiger partial charge in [-0.25, -0.2) is 8.42 Å². The number of sulfonamides is 1. The van der Waals surface area contributed by atoms with Crippen LogP contribution in [0.3, 0.4) is 0 Å². The number of hydrogen-bond donors (Lipinski definition) is 2. The highest BCUT2D eigenvalue weighted by molar-refractivity contribution is 7.89. The third kappa shape index (κ3) is 5.55. The van der Waals surface area contributed by atoms with Crippen molar-refractivity contribution in [1.29, 1.82) is 0 Å². The first-order valence-electron chi connectivity index (χ1n) is 9.73. The summed E-state index contributed by atoms with van der Waals surface area (Å²) in [5.41, 5.74) is 0.913. The van der Waals surface area contributed by atoms with Crippen LogP contribution < -0.4 is 15.4 Å². The molecule has 1 atom stereocenters. The molecule has 2 aromatic carbocycles. The quantitative estimate of drug-likeness (QED) is 0.680. The third-order valence-corrected chi connectivity index (χ3v) is 7.12. The first-order valence-corrected chi connectivity index (χ1v) is 11.5. The second-order valence-electron chi connectivity index (χ2n) is 7.24. The molecule has 0 aromatic heterocycles. The molecule has 1 aliphatic rings. The molecule has 10 heteroatoms. The van der Waals surface area contributed by atoms with E-state index in [4.69, 9.17) is 16.3 Å². The lowest BCUT2D eigenvalue weighted by molar-refractivity contribution is -0.121. The molecule has 0 saturated carbocycles. The van der Waals surface area contributed by atoms with Gasteiger partial charge in [-0.15, -0.1) is 0 Å². The lowest BCUT2D eigenvalue weighted by Crippen LogP contribution is -2.43. The van der Waals surface area contributed by atoms with E-state index < -0.39 is 15.9 Å². The molecule has 0 aliphatic carbocycles. The van der Waals surface area contributed by atoms with Crippen LogP contribution in [-0.4, -0.2) is 44.7 Å². The number of hydrogen-bond acceptors (Lipinski definition) is 5. The van der Waals surface area contributed by atoms with Gasteiger partial charge in [0.1, 0.15) is 5.75 Å². The Morgan fingerprint density at radius 2 is 1.84 bits per heavy atom. The van der Waals surface area contributed by atoms with Crippen molar-refractivity contribution < 1.29 is 22.7 Å². The molecule has 2 aromatic rings. The number of nitrogens with zero attached hydrogens (tertiary/aromatic N) is 1. The predicted octanol–water partition coefficient (Wildman–Crippen LogP) is 3.35. The molecule has 1 aliphatic heterocycles. The number of piperidine rings is 1. The Kier molecular flexibility index (Phi) is 7.19. The van der Waals surface area contributed by atoms with Crippen LogP contribution in [0.4, 0.5) is 11.4 Å². The fourth-order valence-corrected chi connectivity index (χ4v) is 5.10. The van der Waals surface area contributed by atoms with Crippen molar-refractivity contribution in [2.45, 2.75) is 24.7 Å². The van der Waals surface area contributed by atoms with E-state index in [0.29, 0.717) is 41.5 Å². The third-order valence-electron chi connectivity index (χ3n) is 4.98. The molecular formula is C21H24ClN3O5S. The summed E-state index contributed by atoms with van der Waals surface area (Å²) in [6.07, 6.45) is 1.13. The van der Waals surface area contributed by atoms with Gasteiger partial charge in [-0.3, -0.25) is 9.59 Å². The summed E-state index contributed by atoms with van der Waals surface area (Å²) in [7, 11) is -2.25. The molecule has 166 valence electrons. The zero-order valence-electron chi connectivity index (χ0n) is 17.2. The van der Waals surface area contributed by atoms with Gasteiger partial charge in [0.15, 0.2) is 0 Å². The number of nitrogens with one attached hydrogen (secondary N) is 2. The van der Waals surface area contributed by atoms with Gasteiger partial charge in [-0.1, -0.05) is 11.6 Å². The molecule has 0 bridgehead atoms. The smallest absolute Gasteiger partial charge is 0.243 e. The maximum Gasteiger partial charge on any atom is 0.243 e. The maximum atomic E-state index is 13.0. The van der Waals surface area contributed by atoms with Gasteiger partial charge in [-0.05, 0) is 55.3 Å². The van der Waals surface area contributed by atoms with Crippen LogP contribution in [0.5, 0.6) is 5.75 Å². The molecular weight excluding hydrogens is 442 g/mol. The summed E-state index contributed by atoms with van der Waals surface area (Å²) in [5.74, 6) is -0.638. The first-order chi connectivity index (χ1) is 14.7. The zero-order chi connectivity index (χ0) is 22.6. The molecule has 1 heterocycles. The summed E-state index contributed by atoms with van der Waals surface area (Å²) in [6, 6.07) is 10.9. The molecule has 31 heavy (non-hydrogen) atoms. The van der Waals surface area contributed by atoms with E-state index in [-0.39, 0.29) is 23.3 Å². The standard InChI is InChI=1S/C21H24ClN3O5S/c1-14(26)23-17-7-10-20(30-2)19(12-17)24-21(27)15-4-3-11-25(13-15)31(28,29)18-8-5-16(22)6-9-18/h5-10,12,15H,3-4,11,13H2,1-2H3,(H,23,26)(H,24,27). The maximum absolute atomic E-state index is 13.0. The minimum absolute atomic E-state index is 0.0739. The van der Waals surface area contributed by atoms with Crippen LogP contribution in [0.2, 0.25) is 5.02 Å².